The van der Waals surface area contributed by atoms with Gasteiger partial charge in [-0.2, -0.15) is 0 Å². The van der Waals surface area contributed by atoms with E-state index in [9.17, 15) is 13.2 Å². The molecule has 0 unspecified atom stereocenters. The monoisotopic (exact) mass is 286 g/mol. The van der Waals surface area contributed by atoms with Gasteiger partial charge in [0, 0.05) is 0 Å². The first kappa shape index (κ1) is 15.5. The Bertz CT molecular complexity index is 538. The van der Waals surface area contributed by atoms with Gasteiger partial charge in [-0.25, -0.2) is 13.2 Å². The van der Waals surface area contributed by atoms with Gasteiger partial charge in [0.05, 0.1) is 11.5 Å². The third-order valence-electron chi connectivity index (χ3n) is 2.50. The molecule has 0 saturated carbocycles. The van der Waals surface area contributed by atoms with E-state index in [-0.39, 0.29) is 11.5 Å². The summed E-state index contributed by atoms with van der Waals surface area (Å²) in [7, 11) is -2.62. The van der Waals surface area contributed by atoms with Crippen LogP contribution in [0.2, 0.25) is 0 Å². The molecule has 0 aromatic heterocycles. The Morgan fingerprint density at radius 1 is 1.32 bits per heavy atom. The van der Waals surface area contributed by atoms with Crippen LogP contribution in [0, 0.1) is 6.92 Å². The van der Waals surface area contributed by atoms with Crippen LogP contribution in [0.3, 0.4) is 0 Å². The second kappa shape index (κ2) is 6.06. The Morgan fingerprint density at radius 3 is 2.42 bits per heavy atom. The minimum atomic E-state index is -2.62. The highest BCUT2D eigenvalue weighted by molar-refractivity contribution is 7.72. The van der Waals surface area contributed by atoms with Crippen molar-refractivity contribution in [2.75, 3.05) is 6.61 Å². The fourth-order valence-corrected chi connectivity index (χ4v) is 1.98. The second-order valence-corrected chi connectivity index (χ2v) is 5.57. The van der Waals surface area contributed by atoms with Gasteiger partial charge in [0.15, 0.2) is 16.3 Å². The maximum absolute atomic E-state index is 11.7. The Labute approximate surface area is 114 Å². The van der Waals surface area contributed by atoms with Crippen molar-refractivity contribution in [3.8, 4) is 5.75 Å². The van der Waals surface area contributed by atoms with Crippen LogP contribution in [0.4, 0.5) is 0 Å². The minimum Gasteiger partial charge on any atom is -0.476 e. The van der Waals surface area contributed by atoms with Gasteiger partial charge >= 0.3 is 5.97 Å². The van der Waals surface area contributed by atoms with Gasteiger partial charge < -0.3 is 9.47 Å². The van der Waals surface area contributed by atoms with E-state index in [4.69, 9.17) is 9.47 Å². The smallest absolute Gasteiger partial charge is 0.349 e. The van der Waals surface area contributed by atoms with Gasteiger partial charge in [0.2, 0.25) is 0 Å². The van der Waals surface area contributed by atoms with Crippen molar-refractivity contribution in [3.63, 3.8) is 0 Å². The molecule has 0 saturated heterocycles. The molecule has 0 N–H and O–H groups in total. The molecule has 0 radical (unpaired) electrons. The Balaban J connectivity index is 2.96. The van der Waals surface area contributed by atoms with Crippen molar-refractivity contribution in [2.24, 2.45) is 0 Å². The van der Waals surface area contributed by atoms with Crippen molar-refractivity contribution >= 4 is 16.7 Å². The average molecular weight is 286 g/mol. The van der Waals surface area contributed by atoms with Gasteiger partial charge in [-0.1, -0.05) is 0 Å². The van der Waals surface area contributed by atoms with E-state index in [1.807, 2.05) is 0 Å². The predicted octanol–water partition coefficient (Wildman–Crippen LogP) is 1.69. The molecule has 1 aromatic carbocycles. The summed E-state index contributed by atoms with van der Waals surface area (Å²) in [5, 5.41) is 0. The van der Waals surface area contributed by atoms with Crippen LogP contribution >= 0.6 is 0 Å². The number of esters is 1. The minimum absolute atomic E-state index is 0.216. The first-order valence-electron chi connectivity index (χ1n) is 5.89. The van der Waals surface area contributed by atoms with Crippen molar-refractivity contribution in [1.82, 2.24) is 0 Å². The molecule has 0 spiro atoms. The number of hydrogen-bond acceptors (Lipinski definition) is 5. The number of hydrogen-bond donors (Lipinski definition) is 1. The lowest BCUT2D eigenvalue weighted by Gasteiger charge is -2.25. The highest BCUT2D eigenvalue weighted by Gasteiger charge is 2.32. The standard InChI is InChI=1S/C13H18O5S/c1-5-17-12(14)13(3,4)18-11-7-6-10(19(15)16)8-9(11)2/h6-8,19H,5H2,1-4H3. The number of rotatable bonds is 5. The van der Waals surface area contributed by atoms with Crippen LogP contribution in [-0.4, -0.2) is 26.6 Å². The normalized spacial score (nSPS) is 11.4. The summed E-state index contributed by atoms with van der Waals surface area (Å²) in [5.74, 6) is -0.00738. The summed E-state index contributed by atoms with van der Waals surface area (Å²) in [5.41, 5.74) is -0.476. The molecule has 1 rings (SSSR count). The van der Waals surface area contributed by atoms with Crippen molar-refractivity contribution in [1.29, 1.82) is 0 Å². The zero-order valence-electron chi connectivity index (χ0n) is 11.4. The number of benzene rings is 1. The summed E-state index contributed by atoms with van der Waals surface area (Å²) in [4.78, 5) is 11.9. The van der Waals surface area contributed by atoms with Crippen LogP contribution in [0.5, 0.6) is 5.75 Å². The zero-order valence-corrected chi connectivity index (χ0v) is 12.3. The van der Waals surface area contributed by atoms with Gasteiger partial charge in [0.1, 0.15) is 5.75 Å². The molecule has 0 heterocycles. The van der Waals surface area contributed by atoms with Crippen LogP contribution < -0.4 is 4.74 Å². The Kier molecular flexibility index (Phi) is 4.94. The van der Waals surface area contributed by atoms with Crippen molar-refractivity contribution in [2.45, 2.75) is 38.2 Å². The average Bonchev–Trinajstić information content (AvgIpc) is 2.31. The number of aryl methyl sites for hydroxylation is 1. The third-order valence-corrected chi connectivity index (χ3v) is 3.20. The van der Waals surface area contributed by atoms with E-state index in [1.54, 1.807) is 27.7 Å². The molecular formula is C13H18O5S. The molecule has 0 aliphatic rings. The third kappa shape index (κ3) is 3.96. The number of carbonyl (C=O) groups is 1. The first-order chi connectivity index (χ1) is 8.77. The van der Waals surface area contributed by atoms with E-state index < -0.39 is 22.3 Å². The topological polar surface area (TPSA) is 69.7 Å². The molecule has 0 bridgehead atoms. The zero-order chi connectivity index (χ0) is 14.6. The molecule has 0 aliphatic heterocycles. The molecule has 0 fully saturated rings. The molecular weight excluding hydrogens is 268 g/mol. The largest absolute Gasteiger partial charge is 0.476 e. The summed E-state index contributed by atoms with van der Waals surface area (Å²) >= 11 is 0. The molecule has 1 aromatic rings. The van der Waals surface area contributed by atoms with E-state index >= 15 is 0 Å². The molecule has 0 aliphatic carbocycles. The number of thiol groups is 1. The molecule has 6 heteroatoms. The molecule has 106 valence electrons. The van der Waals surface area contributed by atoms with E-state index in [0.717, 1.165) is 0 Å². The number of ether oxygens (including phenoxy) is 2. The molecule has 5 nitrogen and oxygen atoms in total. The van der Waals surface area contributed by atoms with Gasteiger partial charge in [0.25, 0.3) is 0 Å². The lowest BCUT2D eigenvalue weighted by molar-refractivity contribution is -0.158. The highest BCUT2D eigenvalue weighted by Crippen LogP contribution is 2.25. The maximum atomic E-state index is 11.7. The summed E-state index contributed by atoms with van der Waals surface area (Å²) in [6, 6.07) is 4.48. The first-order valence-corrected chi connectivity index (χ1v) is 7.07. The lowest BCUT2D eigenvalue weighted by atomic mass is 10.1. The Hall–Kier alpha value is -1.56. The van der Waals surface area contributed by atoms with E-state index in [1.165, 1.54) is 18.2 Å². The van der Waals surface area contributed by atoms with Crippen LogP contribution in [-0.2, 0) is 20.2 Å². The van der Waals surface area contributed by atoms with Crippen molar-refractivity contribution in [3.05, 3.63) is 23.8 Å². The van der Waals surface area contributed by atoms with Gasteiger partial charge in [-0.3, -0.25) is 0 Å². The number of carbonyl (C=O) groups excluding carboxylic acids is 1. The van der Waals surface area contributed by atoms with Crippen molar-refractivity contribution < 1.29 is 22.7 Å². The fourth-order valence-electron chi connectivity index (χ4n) is 1.48. The predicted molar refractivity (Wildman–Crippen MR) is 71.1 cm³/mol. The van der Waals surface area contributed by atoms with E-state index in [0.29, 0.717) is 11.3 Å². The SMILES string of the molecule is CCOC(=O)C(C)(C)Oc1ccc([SH](=O)=O)cc1C. The molecule has 19 heavy (non-hydrogen) atoms. The lowest BCUT2D eigenvalue weighted by Crippen LogP contribution is -2.39. The highest BCUT2D eigenvalue weighted by atomic mass is 32.2. The Morgan fingerprint density at radius 2 is 1.95 bits per heavy atom. The molecule has 0 atom stereocenters. The van der Waals surface area contributed by atoms with Crippen LogP contribution in [0.15, 0.2) is 23.1 Å². The second-order valence-electron chi connectivity index (χ2n) is 4.54. The van der Waals surface area contributed by atoms with Gasteiger partial charge in [-0.15, -0.1) is 0 Å². The fraction of sp³-hybridized carbons (Fsp3) is 0.462. The van der Waals surface area contributed by atoms with Crippen LogP contribution in [0.1, 0.15) is 26.3 Å². The summed E-state index contributed by atoms with van der Waals surface area (Å²) in [6.07, 6.45) is 0. The quantitative estimate of drug-likeness (QED) is 0.659. The molecule has 0 amide bonds. The van der Waals surface area contributed by atoms with E-state index in [2.05, 4.69) is 0 Å². The summed E-state index contributed by atoms with van der Waals surface area (Å²) in [6.45, 7) is 6.93. The maximum Gasteiger partial charge on any atom is 0.349 e. The van der Waals surface area contributed by atoms with Gasteiger partial charge in [-0.05, 0) is 51.5 Å². The summed E-state index contributed by atoms with van der Waals surface area (Å²) < 4.78 is 32.3. The van der Waals surface area contributed by atoms with Crippen LogP contribution in [0.25, 0.3) is 0 Å².